The molecule has 0 unspecified atom stereocenters. The van der Waals surface area contributed by atoms with Crippen LogP contribution >= 0.6 is 0 Å². The highest BCUT2D eigenvalue weighted by atomic mass is 16.5. The summed E-state index contributed by atoms with van der Waals surface area (Å²) in [5.41, 5.74) is 1.91. The smallest absolute Gasteiger partial charge is 0.229 e. The van der Waals surface area contributed by atoms with Crippen molar-refractivity contribution in [3.63, 3.8) is 0 Å². The highest BCUT2D eigenvalue weighted by molar-refractivity contribution is 5.97. The molecule has 1 heterocycles. The Morgan fingerprint density at radius 1 is 1.15 bits per heavy atom. The number of hydrogen-bond acceptors (Lipinski definition) is 3. The van der Waals surface area contributed by atoms with Crippen molar-refractivity contribution in [2.45, 2.75) is 19.8 Å². The predicted octanol–water partition coefficient (Wildman–Crippen LogP) is 3.12. The monoisotopic (exact) mass is 352 g/mol. The molecule has 1 aliphatic heterocycles. The van der Waals surface area contributed by atoms with Crippen molar-refractivity contribution >= 4 is 17.5 Å². The molecule has 0 aliphatic carbocycles. The molecule has 1 aliphatic rings. The number of anilines is 1. The third-order valence-corrected chi connectivity index (χ3v) is 4.53. The number of benzene rings is 2. The fourth-order valence-corrected chi connectivity index (χ4v) is 3.12. The lowest BCUT2D eigenvalue weighted by molar-refractivity contribution is -0.128. The average molecular weight is 352 g/mol. The maximum Gasteiger partial charge on any atom is 0.229 e. The molecule has 0 spiro atoms. The van der Waals surface area contributed by atoms with E-state index in [0.717, 1.165) is 12.2 Å². The van der Waals surface area contributed by atoms with E-state index in [1.165, 1.54) is 5.56 Å². The van der Waals surface area contributed by atoms with Gasteiger partial charge in [0, 0.05) is 25.2 Å². The number of ether oxygens (including phenoxy) is 1. The molecule has 1 fully saturated rings. The molecule has 2 aromatic carbocycles. The third kappa shape index (κ3) is 4.63. The summed E-state index contributed by atoms with van der Waals surface area (Å²) in [5, 5.41) is 2.89. The minimum atomic E-state index is -0.301. The molecular weight excluding hydrogens is 328 g/mol. The molecule has 5 nitrogen and oxygen atoms in total. The van der Waals surface area contributed by atoms with Crippen molar-refractivity contribution in [3.05, 3.63) is 60.2 Å². The zero-order chi connectivity index (χ0) is 18.4. The van der Waals surface area contributed by atoms with Gasteiger partial charge in [0.25, 0.3) is 0 Å². The maximum atomic E-state index is 12.5. The van der Waals surface area contributed by atoms with Crippen LogP contribution in [-0.2, 0) is 16.0 Å². The van der Waals surface area contributed by atoms with Gasteiger partial charge in [-0.2, -0.15) is 0 Å². The fourth-order valence-electron chi connectivity index (χ4n) is 3.12. The minimum Gasteiger partial charge on any atom is -0.494 e. The Kier molecular flexibility index (Phi) is 5.89. The zero-order valence-electron chi connectivity index (χ0n) is 15.0. The lowest BCUT2D eigenvalue weighted by Gasteiger charge is -2.16. The molecule has 0 bridgehead atoms. The van der Waals surface area contributed by atoms with Gasteiger partial charge in [-0.05, 0) is 43.2 Å². The van der Waals surface area contributed by atoms with E-state index in [0.29, 0.717) is 25.4 Å². The van der Waals surface area contributed by atoms with Crippen molar-refractivity contribution in [1.29, 1.82) is 0 Å². The van der Waals surface area contributed by atoms with Crippen LogP contribution < -0.4 is 10.1 Å². The van der Waals surface area contributed by atoms with E-state index in [1.54, 1.807) is 4.90 Å². The summed E-state index contributed by atoms with van der Waals surface area (Å²) >= 11 is 0. The van der Waals surface area contributed by atoms with Gasteiger partial charge < -0.3 is 15.0 Å². The summed E-state index contributed by atoms with van der Waals surface area (Å²) in [5.74, 6) is 0.413. The quantitative estimate of drug-likeness (QED) is 0.833. The highest BCUT2D eigenvalue weighted by Crippen LogP contribution is 2.21. The van der Waals surface area contributed by atoms with E-state index >= 15 is 0 Å². The van der Waals surface area contributed by atoms with Crippen LogP contribution in [0.4, 0.5) is 5.69 Å². The van der Waals surface area contributed by atoms with Gasteiger partial charge in [0.2, 0.25) is 11.8 Å². The van der Waals surface area contributed by atoms with Crippen molar-refractivity contribution in [2.24, 2.45) is 5.92 Å². The summed E-state index contributed by atoms with van der Waals surface area (Å²) in [6.07, 6.45) is 1.08. The molecule has 3 rings (SSSR count). The summed E-state index contributed by atoms with van der Waals surface area (Å²) in [6.45, 7) is 3.66. The van der Waals surface area contributed by atoms with E-state index in [9.17, 15) is 9.59 Å². The van der Waals surface area contributed by atoms with Crippen LogP contribution in [0.2, 0.25) is 0 Å². The fraction of sp³-hybridized carbons (Fsp3) is 0.333. The Labute approximate surface area is 154 Å². The van der Waals surface area contributed by atoms with Crippen LogP contribution in [0, 0.1) is 5.92 Å². The van der Waals surface area contributed by atoms with Gasteiger partial charge >= 0.3 is 0 Å². The van der Waals surface area contributed by atoms with Crippen LogP contribution in [-0.4, -0.2) is 36.4 Å². The second-order valence-corrected chi connectivity index (χ2v) is 6.42. The largest absolute Gasteiger partial charge is 0.494 e. The lowest BCUT2D eigenvalue weighted by atomic mass is 10.1. The Morgan fingerprint density at radius 3 is 2.58 bits per heavy atom. The standard InChI is InChI=1S/C21H24N2O3/c1-2-26-19-10-8-18(9-11-19)22-21(25)17-14-20(24)23(15-17)13-12-16-6-4-3-5-7-16/h3-11,17H,2,12-15H2,1H3,(H,22,25)/t17-/m0/s1. The van der Waals surface area contributed by atoms with Crippen LogP contribution in [0.25, 0.3) is 0 Å². The summed E-state index contributed by atoms with van der Waals surface area (Å²) in [6, 6.07) is 17.3. The number of likely N-dealkylation sites (tertiary alicyclic amines) is 1. The van der Waals surface area contributed by atoms with Gasteiger partial charge in [0.1, 0.15) is 5.75 Å². The summed E-state index contributed by atoms with van der Waals surface area (Å²) < 4.78 is 5.39. The van der Waals surface area contributed by atoms with Gasteiger partial charge in [0.05, 0.1) is 12.5 Å². The molecule has 0 radical (unpaired) electrons. The average Bonchev–Trinajstić information content (AvgIpc) is 3.04. The first-order valence-corrected chi connectivity index (χ1v) is 9.01. The maximum absolute atomic E-state index is 12.5. The van der Waals surface area contributed by atoms with Crippen LogP contribution in [0.1, 0.15) is 18.9 Å². The number of rotatable bonds is 7. The van der Waals surface area contributed by atoms with Crippen molar-refractivity contribution in [3.8, 4) is 5.75 Å². The molecule has 1 atom stereocenters. The first-order chi connectivity index (χ1) is 12.7. The Morgan fingerprint density at radius 2 is 1.88 bits per heavy atom. The lowest BCUT2D eigenvalue weighted by Crippen LogP contribution is -2.30. The van der Waals surface area contributed by atoms with E-state index in [-0.39, 0.29) is 24.2 Å². The van der Waals surface area contributed by atoms with Crippen molar-refractivity contribution < 1.29 is 14.3 Å². The highest BCUT2D eigenvalue weighted by Gasteiger charge is 2.33. The van der Waals surface area contributed by atoms with E-state index in [2.05, 4.69) is 17.4 Å². The van der Waals surface area contributed by atoms with Crippen molar-refractivity contribution in [2.75, 3.05) is 25.0 Å². The number of amides is 2. The Balaban J connectivity index is 1.51. The molecule has 2 aromatic rings. The van der Waals surface area contributed by atoms with Crippen LogP contribution in [0.5, 0.6) is 5.75 Å². The topological polar surface area (TPSA) is 58.6 Å². The zero-order valence-corrected chi connectivity index (χ0v) is 15.0. The van der Waals surface area contributed by atoms with Crippen LogP contribution in [0.3, 0.4) is 0 Å². The number of hydrogen-bond donors (Lipinski definition) is 1. The molecule has 2 amide bonds. The Bertz CT molecular complexity index is 744. The molecule has 26 heavy (non-hydrogen) atoms. The molecule has 136 valence electrons. The molecule has 0 aromatic heterocycles. The van der Waals surface area contributed by atoms with Gasteiger partial charge in [-0.1, -0.05) is 30.3 Å². The minimum absolute atomic E-state index is 0.0489. The molecule has 1 N–H and O–H groups in total. The van der Waals surface area contributed by atoms with Gasteiger partial charge in [-0.3, -0.25) is 9.59 Å². The second kappa shape index (κ2) is 8.52. The summed E-state index contributed by atoms with van der Waals surface area (Å²) in [7, 11) is 0. The number of nitrogens with zero attached hydrogens (tertiary/aromatic N) is 1. The van der Waals surface area contributed by atoms with E-state index in [4.69, 9.17) is 4.74 Å². The van der Waals surface area contributed by atoms with Gasteiger partial charge in [0.15, 0.2) is 0 Å². The Hall–Kier alpha value is -2.82. The predicted molar refractivity (Wildman–Crippen MR) is 101 cm³/mol. The van der Waals surface area contributed by atoms with E-state index < -0.39 is 0 Å². The first-order valence-electron chi connectivity index (χ1n) is 9.01. The third-order valence-electron chi connectivity index (χ3n) is 4.53. The van der Waals surface area contributed by atoms with Gasteiger partial charge in [-0.15, -0.1) is 0 Å². The van der Waals surface area contributed by atoms with Crippen LogP contribution in [0.15, 0.2) is 54.6 Å². The number of carbonyl (C=O) groups excluding carboxylic acids is 2. The van der Waals surface area contributed by atoms with Gasteiger partial charge in [-0.25, -0.2) is 0 Å². The molecule has 0 saturated carbocycles. The first kappa shape index (κ1) is 18.0. The summed E-state index contributed by atoms with van der Waals surface area (Å²) in [4.78, 5) is 26.5. The van der Waals surface area contributed by atoms with Crippen molar-refractivity contribution in [1.82, 2.24) is 4.90 Å². The molecule has 1 saturated heterocycles. The molecule has 5 heteroatoms. The molecular formula is C21H24N2O3. The number of nitrogens with one attached hydrogen (secondary N) is 1. The van der Waals surface area contributed by atoms with E-state index in [1.807, 2.05) is 49.4 Å². The second-order valence-electron chi connectivity index (χ2n) is 6.42. The normalized spacial score (nSPS) is 16.6. The SMILES string of the molecule is CCOc1ccc(NC(=O)[C@H]2CC(=O)N(CCc3ccccc3)C2)cc1. The number of carbonyl (C=O) groups is 2.